The summed E-state index contributed by atoms with van der Waals surface area (Å²) in [4.78, 5) is 2.15. The Morgan fingerprint density at radius 1 is 1.00 bits per heavy atom. The van der Waals surface area contributed by atoms with Crippen molar-refractivity contribution in [2.45, 2.75) is 25.5 Å². The van der Waals surface area contributed by atoms with Gasteiger partial charge in [0.25, 0.3) is 0 Å². The van der Waals surface area contributed by atoms with E-state index in [0.29, 0.717) is 0 Å². The Kier molecular flexibility index (Phi) is 3.17. The third kappa shape index (κ3) is 2.14. The molecule has 0 unspecified atom stereocenters. The van der Waals surface area contributed by atoms with E-state index in [4.69, 9.17) is 0 Å². The minimum Gasteiger partial charge on any atom is -0.374 e. The molecule has 0 aromatic heterocycles. The van der Waals surface area contributed by atoms with Gasteiger partial charge in [-0.05, 0) is 18.4 Å². The molecule has 2 nitrogen and oxygen atoms in total. The summed E-state index contributed by atoms with van der Waals surface area (Å²) in [6, 6.07) is 9.90. The van der Waals surface area contributed by atoms with Crippen molar-refractivity contribution in [3.63, 3.8) is 0 Å². The molecule has 2 heteroatoms. The Labute approximate surface area is 85.2 Å². The number of benzene rings is 1. The molecule has 76 valence electrons. The smallest absolute Gasteiger partial charge is 0.133 e. The maximum absolute atomic E-state index is 10.1. The van der Waals surface area contributed by atoms with E-state index < -0.39 is 6.23 Å². The van der Waals surface area contributed by atoms with Crippen molar-refractivity contribution >= 4 is 0 Å². The van der Waals surface area contributed by atoms with Crippen LogP contribution < -0.4 is 0 Å². The molecule has 0 aliphatic carbocycles. The number of aliphatic hydroxyl groups excluding tert-OH is 1. The topological polar surface area (TPSA) is 23.5 Å². The van der Waals surface area contributed by atoms with Gasteiger partial charge in [-0.3, -0.25) is 4.90 Å². The van der Waals surface area contributed by atoms with Crippen LogP contribution in [-0.2, 0) is 0 Å². The normalized spacial score (nSPS) is 20.6. The maximum atomic E-state index is 10.1. The number of nitrogens with zero attached hydrogens (tertiary/aromatic N) is 1. The van der Waals surface area contributed by atoms with Gasteiger partial charge in [0.2, 0.25) is 0 Å². The Balaban J connectivity index is 2.03. The molecule has 14 heavy (non-hydrogen) atoms. The van der Waals surface area contributed by atoms with Gasteiger partial charge in [0.15, 0.2) is 0 Å². The fourth-order valence-electron chi connectivity index (χ4n) is 2.00. The lowest BCUT2D eigenvalue weighted by Crippen LogP contribution is -2.33. The molecule has 0 bridgehead atoms. The molecule has 1 saturated heterocycles. The van der Waals surface area contributed by atoms with Crippen LogP contribution >= 0.6 is 0 Å². The predicted octanol–water partition coefficient (Wildman–Crippen LogP) is 2.16. The van der Waals surface area contributed by atoms with Gasteiger partial charge in [-0.25, -0.2) is 0 Å². The number of likely N-dealkylation sites (tertiary alicyclic amines) is 1. The highest BCUT2D eigenvalue weighted by Crippen LogP contribution is 2.21. The summed E-state index contributed by atoms with van der Waals surface area (Å²) >= 11 is 0. The Morgan fingerprint density at radius 2 is 1.64 bits per heavy atom. The molecule has 1 aromatic rings. The number of piperidine rings is 1. The summed E-state index contributed by atoms with van der Waals surface area (Å²) in [5.74, 6) is 0. The molecule has 0 saturated carbocycles. The molecule has 0 amide bonds. The molecule has 0 radical (unpaired) electrons. The van der Waals surface area contributed by atoms with Crippen molar-refractivity contribution in [2.75, 3.05) is 13.1 Å². The first-order valence-corrected chi connectivity index (χ1v) is 5.35. The summed E-state index contributed by atoms with van der Waals surface area (Å²) in [5, 5.41) is 10.1. The second-order valence-electron chi connectivity index (χ2n) is 3.88. The number of rotatable bonds is 2. The fraction of sp³-hybridized carbons (Fsp3) is 0.500. The summed E-state index contributed by atoms with van der Waals surface area (Å²) in [6.07, 6.45) is 3.32. The van der Waals surface area contributed by atoms with Gasteiger partial charge in [-0.15, -0.1) is 0 Å². The molecule has 1 aromatic carbocycles. The van der Waals surface area contributed by atoms with Crippen LogP contribution in [0.2, 0.25) is 0 Å². The third-order valence-electron chi connectivity index (χ3n) is 2.83. The van der Waals surface area contributed by atoms with E-state index in [2.05, 4.69) is 4.90 Å². The quantitative estimate of drug-likeness (QED) is 0.774. The van der Waals surface area contributed by atoms with Gasteiger partial charge in [0, 0.05) is 13.1 Å². The lowest BCUT2D eigenvalue weighted by Gasteiger charge is -2.31. The first-order valence-electron chi connectivity index (χ1n) is 5.35. The molecule has 1 N–H and O–H groups in total. The highest BCUT2D eigenvalue weighted by molar-refractivity contribution is 5.16. The SMILES string of the molecule is O[C@@H](c1ccccc1)N1CCCCC1. The first-order chi connectivity index (χ1) is 6.88. The predicted molar refractivity (Wildman–Crippen MR) is 56.8 cm³/mol. The molecule has 2 rings (SSSR count). The minimum atomic E-state index is -0.406. The highest BCUT2D eigenvalue weighted by Gasteiger charge is 2.18. The second kappa shape index (κ2) is 4.58. The lowest BCUT2D eigenvalue weighted by atomic mass is 10.1. The number of hydrogen-bond donors (Lipinski definition) is 1. The van der Waals surface area contributed by atoms with E-state index in [1.807, 2.05) is 30.3 Å². The molecular weight excluding hydrogens is 174 g/mol. The summed E-state index contributed by atoms with van der Waals surface area (Å²) in [6.45, 7) is 2.05. The van der Waals surface area contributed by atoms with Gasteiger partial charge in [0.05, 0.1) is 0 Å². The summed E-state index contributed by atoms with van der Waals surface area (Å²) in [7, 11) is 0. The maximum Gasteiger partial charge on any atom is 0.133 e. The second-order valence-corrected chi connectivity index (χ2v) is 3.88. The standard InChI is InChI=1S/C12H17NO/c14-12(11-7-3-1-4-8-11)13-9-5-2-6-10-13/h1,3-4,7-8,12,14H,2,5-6,9-10H2/t12-/m0/s1. The van der Waals surface area contributed by atoms with Crippen molar-refractivity contribution in [3.8, 4) is 0 Å². The Morgan fingerprint density at radius 3 is 2.29 bits per heavy atom. The van der Waals surface area contributed by atoms with Gasteiger partial charge in [-0.1, -0.05) is 36.8 Å². The average molecular weight is 191 g/mol. The first kappa shape index (κ1) is 9.69. The average Bonchev–Trinajstić information content (AvgIpc) is 2.30. The number of hydrogen-bond acceptors (Lipinski definition) is 2. The molecule has 1 heterocycles. The highest BCUT2D eigenvalue weighted by atomic mass is 16.3. The van der Waals surface area contributed by atoms with Gasteiger partial charge < -0.3 is 5.11 Å². The van der Waals surface area contributed by atoms with E-state index in [0.717, 1.165) is 18.7 Å². The Bertz CT molecular complexity index is 267. The molecule has 0 spiro atoms. The van der Waals surface area contributed by atoms with Crippen molar-refractivity contribution in [2.24, 2.45) is 0 Å². The van der Waals surface area contributed by atoms with E-state index >= 15 is 0 Å². The summed E-state index contributed by atoms with van der Waals surface area (Å²) in [5.41, 5.74) is 1.01. The zero-order chi connectivity index (χ0) is 9.80. The van der Waals surface area contributed by atoms with Gasteiger partial charge in [0.1, 0.15) is 6.23 Å². The van der Waals surface area contributed by atoms with E-state index in [1.165, 1.54) is 19.3 Å². The van der Waals surface area contributed by atoms with Crippen molar-refractivity contribution < 1.29 is 5.11 Å². The van der Waals surface area contributed by atoms with Crippen LogP contribution in [0.4, 0.5) is 0 Å². The largest absolute Gasteiger partial charge is 0.374 e. The van der Waals surface area contributed by atoms with Crippen LogP contribution in [0.5, 0.6) is 0 Å². The molecule has 1 aliphatic heterocycles. The summed E-state index contributed by atoms with van der Waals surface area (Å²) < 4.78 is 0. The van der Waals surface area contributed by atoms with Crippen LogP contribution in [0.3, 0.4) is 0 Å². The van der Waals surface area contributed by atoms with Gasteiger partial charge >= 0.3 is 0 Å². The van der Waals surface area contributed by atoms with Crippen LogP contribution in [0.1, 0.15) is 31.1 Å². The molecule has 1 aliphatic rings. The third-order valence-corrected chi connectivity index (χ3v) is 2.83. The lowest BCUT2D eigenvalue weighted by molar-refractivity contribution is -0.00982. The van der Waals surface area contributed by atoms with Crippen molar-refractivity contribution in [1.82, 2.24) is 4.90 Å². The van der Waals surface area contributed by atoms with E-state index in [-0.39, 0.29) is 0 Å². The fourth-order valence-corrected chi connectivity index (χ4v) is 2.00. The van der Waals surface area contributed by atoms with Gasteiger partial charge in [-0.2, -0.15) is 0 Å². The zero-order valence-electron chi connectivity index (χ0n) is 8.39. The zero-order valence-corrected chi connectivity index (χ0v) is 8.39. The molecule has 1 fully saturated rings. The van der Waals surface area contributed by atoms with Crippen LogP contribution in [0, 0.1) is 0 Å². The van der Waals surface area contributed by atoms with Crippen LogP contribution in [0.15, 0.2) is 30.3 Å². The van der Waals surface area contributed by atoms with Crippen LogP contribution in [-0.4, -0.2) is 23.1 Å². The molecular formula is C12H17NO. The van der Waals surface area contributed by atoms with Crippen molar-refractivity contribution in [1.29, 1.82) is 0 Å². The van der Waals surface area contributed by atoms with E-state index in [9.17, 15) is 5.11 Å². The van der Waals surface area contributed by atoms with Crippen molar-refractivity contribution in [3.05, 3.63) is 35.9 Å². The monoisotopic (exact) mass is 191 g/mol. The number of aliphatic hydroxyl groups is 1. The minimum absolute atomic E-state index is 0.406. The molecule has 1 atom stereocenters. The van der Waals surface area contributed by atoms with E-state index in [1.54, 1.807) is 0 Å². The van der Waals surface area contributed by atoms with Crippen LogP contribution in [0.25, 0.3) is 0 Å². The Hall–Kier alpha value is -0.860.